The molecule has 30 heavy (non-hydrogen) atoms. The minimum atomic E-state index is 0. The van der Waals surface area contributed by atoms with Gasteiger partial charge in [0.1, 0.15) is 5.15 Å². The number of aryl methyl sites for hydroxylation is 1. The van der Waals surface area contributed by atoms with Crippen LogP contribution in [0.4, 0.5) is 0 Å². The number of nitrogens with one attached hydrogen (secondary N) is 2. The van der Waals surface area contributed by atoms with Gasteiger partial charge in [-0.05, 0) is 55.9 Å². The molecule has 3 rings (SSSR count). The van der Waals surface area contributed by atoms with Crippen LogP contribution in [-0.4, -0.2) is 43.8 Å². The highest BCUT2D eigenvalue weighted by atomic mass is 127. The molecule has 1 saturated heterocycles. The normalized spacial score (nSPS) is 15.9. The quantitative estimate of drug-likeness (QED) is 0.234. The summed E-state index contributed by atoms with van der Waals surface area (Å²) in [6.45, 7) is 8.23. The van der Waals surface area contributed by atoms with Crippen molar-refractivity contribution in [2.45, 2.75) is 38.5 Å². The zero-order valence-corrected chi connectivity index (χ0v) is 20.9. The maximum absolute atomic E-state index is 5.86. The van der Waals surface area contributed by atoms with Crippen molar-refractivity contribution in [1.29, 1.82) is 0 Å². The second kappa shape index (κ2) is 12.5. The van der Waals surface area contributed by atoms with Gasteiger partial charge in [-0.3, -0.25) is 4.99 Å². The van der Waals surface area contributed by atoms with E-state index in [0.29, 0.717) is 5.15 Å². The van der Waals surface area contributed by atoms with Crippen LogP contribution in [0.5, 0.6) is 0 Å². The third kappa shape index (κ3) is 6.82. The standard InChI is InChI=1S/C23H31ClN4O.HI/c1-3-25-22(26-13-10-19-8-9-21(24)27-16-19)28-17-23(11-14-29-15-12-23)20-7-5-4-6-18(20)2;/h4-9,16H,3,10-15,17H2,1-2H3,(H2,25,26,28);1H. The van der Waals surface area contributed by atoms with Gasteiger partial charge in [-0.1, -0.05) is 41.9 Å². The topological polar surface area (TPSA) is 58.5 Å². The van der Waals surface area contributed by atoms with Crippen molar-refractivity contribution in [3.8, 4) is 0 Å². The van der Waals surface area contributed by atoms with Crippen molar-refractivity contribution < 1.29 is 4.74 Å². The maximum Gasteiger partial charge on any atom is 0.191 e. The lowest BCUT2D eigenvalue weighted by molar-refractivity contribution is 0.0529. The molecule has 1 aromatic carbocycles. The van der Waals surface area contributed by atoms with Crippen LogP contribution in [0.3, 0.4) is 0 Å². The van der Waals surface area contributed by atoms with E-state index in [0.717, 1.165) is 63.6 Å². The zero-order chi connectivity index (χ0) is 20.5. The fourth-order valence-electron chi connectivity index (χ4n) is 3.89. The number of guanidine groups is 1. The van der Waals surface area contributed by atoms with E-state index in [1.54, 1.807) is 0 Å². The molecule has 1 aliphatic heterocycles. The number of nitrogens with zero attached hydrogens (tertiary/aromatic N) is 2. The number of hydrogen-bond donors (Lipinski definition) is 2. The van der Waals surface area contributed by atoms with Crippen LogP contribution in [0.2, 0.25) is 5.15 Å². The third-order valence-electron chi connectivity index (χ3n) is 5.55. The Bertz CT molecular complexity index is 807. The van der Waals surface area contributed by atoms with Gasteiger partial charge < -0.3 is 15.4 Å². The molecule has 7 heteroatoms. The molecule has 0 spiro atoms. The predicted molar refractivity (Wildman–Crippen MR) is 135 cm³/mol. The molecule has 0 aliphatic carbocycles. The van der Waals surface area contributed by atoms with Crippen molar-refractivity contribution in [1.82, 2.24) is 15.6 Å². The van der Waals surface area contributed by atoms with Gasteiger partial charge in [0.15, 0.2) is 5.96 Å². The summed E-state index contributed by atoms with van der Waals surface area (Å²) >= 11 is 5.86. The third-order valence-corrected chi connectivity index (χ3v) is 5.77. The molecule has 0 radical (unpaired) electrons. The molecule has 2 aromatic rings. The van der Waals surface area contributed by atoms with Gasteiger partial charge >= 0.3 is 0 Å². The van der Waals surface area contributed by atoms with E-state index in [9.17, 15) is 0 Å². The highest BCUT2D eigenvalue weighted by molar-refractivity contribution is 14.0. The van der Waals surface area contributed by atoms with E-state index >= 15 is 0 Å². The summed E-state index contributed by atoms with van der Waals surface area (Å²) in [5.74, 6) is 0.855. The van der Waals surface area contributed by atoms with Crippen LogP contribution in [0.25, 0.3) is 0 Å². The summed E-state index contributed by atoms with van der Waals surface area (Å²) in [7, 11) is 0. The van der Waals surface area contributed by atoms with Crippen molar-refractivity contribution in [3.63, 3.8) is 0 Å². The van der Waals surface area contributed by atoms with Gasteiger partial charge in [0.25, 0.3) is 0 Å². The van der Waals surface area contributed by atoms with Crippen LogP contribution in [-0.2, 0) is 16.6 Å². The van der Waals surface area contributed by atoms with E-state index in [-0.39, 0.29) is 29.4 Å². The van der Waals surface area contributed by atoms with Gasteiger partial charge in [0.05, 0.1) is 6.54 Å². The highest BCUT2D eigenvalue weighted by Crippen LogP contribution is 2.37. The van der Waals surface area contributed by atoms with Gasteiger partial charge in [-0.2, -0.15) is 0 Å². The van der Waals surface area contributed by atoms with Crippen LogP contribution in [0, 0.1) is 6.92 Å². The number of aliphatic imine (C=N–C) groups is 1. The Morgan fingerprint density at radius 2 is 1.93 bits per heavy atom. The summed E-state index contributed by atoms with van der Waals surface area (Å²) < 4.78 is 5.67. The molecular formula is C23H32ClIN4O. The summed E-state index contributed by atoms with van der Waals surface area (Å²) in [5, 5.41) is 7.35. The molecule has 0 bridgehead atoms. The smallest absolute Gasteiger partial charge is 0.191 e. The molecule has 0 amide bonds. The minimum absolute atomic E-state index is 0. The number of benzene rings is 1. The summed E-state index contributed by atoms with van der Waals surface area (Å²) in [6.07, 6.45) is 4.68. The molecule has 1 aromatic heterocycles. The average Bonchev–Trinajstić information content (AvgIpc) is 2.74. The predicted octanol–water partition coefficient (Wildman–Crippen LogP) is 4.51. The van der Waals surface area contributed by atoms with Crippen LogP contribution < -0.4 is 10.6 Å². The molecule has 0 saturated carbocycles. The molecular weight excluding hydrogens is 511 g/mol. The van der Waals surface area contributed by atoms with Gasteiger partial charge in [-0.25, -0.2) is 4.98 Å². The number of halogens is 2. The molecule has 2 N–H and O–H groups in total. The monoisotopic (exact) mass is 542 g/mol. The first kappa shape index (κ1) is 24.9. The van der Waals surface area contributed by atoms with Gasteiger partial charge in [-0.15, -0.1) is 24.0 Å². The van der Waals surface area contributed by atoms with Crippen LogP contribution in [0.1, 0.15) is 36.5 Å². The molecule has 1 fully saturated rings. The SMILES string of the molecule is CCNC(=NCC1(c2ccccc2C)CCOCC1)NCCc1ccc(Cl)nc1.I. The molecule has 2 heterocycles. The second-order valence-electron chi connectivity index (χ2n) is 7.57. The first-order valence-corrected chi connectivity index (χ1v) is 10.8. The van der Waals surface area contributed by atoms with E-state index < -0.39 is 0 Å². The Labute approximate surface area is 202 Å². The fraction of sp³-hybridized carbons (Fsp3) is 0.478. The molecule has 5 nitrogen and oxygen atoms in total. The Morgan fingerprint density at radius 3 is 2.60 bits per heavy atom. The van der Waals surface area contributed by atoms with Crippen molar-refractivity contribution >= 4 is 41.5 Å². The largest absolute Gasteiger partial charge is 0.381 e. The maximum atomic E-state index is 5.86. The number of hydrogen-bond acceptors (Lipinski definition) is 3. The number of ether oxygens (including phenoxy) is 1. The lowest BCUT2D eigenvalue weighted by atomic mass is 9.72. The molecule has 1 aliphatic rings. The molecule has 0 unspecified atom stereocenters. The summed E-state index contributed by atoms with van der Waals surface area (Å²) in [6, 6.07) is 12.5. The molecule has 0 atom stereocenters. The Kier molecular flexibility index (Phi) is 10.3. The Morgan fingerprint density at radius 1 is 1.17 bits per heavy atom. The van der Waals surface area contributed by atoms with Crippen molar-refractivity contribution in [3.05, 3.63) is 64.4 Å². The van der Waals surface area contributed by atoms with E-state index in [4.69, 9.17) is 21.3 Å². The number of pyridine rings is 1. The van der Waals surface area contributed by atoms with Gasteiger partial charge in [0, 0.05) is 37.9 Å². The number of rotatable bonds is 7. The first-order valence-electron chi connectivity index (χ1n) is 10.4. The van der Waals surface area contributed by atoms with Crippen LogP contribution >= 0.6 is 35.6 Å². The van der Waals surface area contributed by atoms with E-state index in [1.807, 2.05) is 18.3 Å². The van der Waals surface area contributed by atoms with E-state index in [1.165, 1.54) is 11.1 Å². The second-order valence-corrected chi connectivity index (χ2v) is 7.96. The lowest BCUT2D eigenvalue weighted by Gasteiger charge is -2.37. The van der Waals surface area contributed by atoms with Crippen molar-refractivity contribution in [2.24, 2.45) is 4.99 Å². The van der Waals surface area contributed by atoms with Gasteiger partial charge in [0.2, 0.25) is 0 Å². The average molecular weight is 543 g/mol. The summed E-state index contributed by atoms with van der Waals surface area (Å²) in [5.41, 5.74) is 3.91. The fourth-order valence-corrected chi connectivity index (χ4v) is 4.01. The summed E-state index contributed by atoms with van der Waals surface area (Å²) in [4.78, 5) is 9.12. The Balaban J connectivity index is 0.00000320. The van der Waals surface area contributed by atoms with E-state index in [2.05, 4.69) is 53.7 Å². The number of aromatic nitrogens is 1. The van der Waals surface area contributed by atoms with Crippen LogP contribution in [0.15, 0.2) is 47.6 Å². The zero-order valence-electron chi connectivity index (χ0n) is 17.8. The Hall–Kier alpha value is -1.38. The first-order chi connectivity index (χ1) is 14.1. The van der Waals surface area contributed by atoms with Crippen molar-refractivity contribution in [2.75, 3.05) is 32.8 Å². The minimum Gasteiger partial charge on any atom is -0.381 e. The molecule has 164 valence electrons. The highest BCUT2D eigenvalue weighted by Gasteiger charge is 2.35. The lowest BCUT2D eigenvalue weighted by Crippen LogP contribution is -2.42.